The number of carbonyl (C=O) groups excluding carboxylic acids is 2. The molecule has 1 saturated carbocycles. The van der Waals surface area contributed by atoms with Gasteiger partial charge in [0.25, 0.3) is 0 Å². The summed E-state index contributed by atoms with van der Waals surface area (Å²) in [4.78, 5) is 25.4. The van der Waals surface area contributed by atoms with E-state index in [1.165, 1.54) is 4.90 Å². The first-order valence-electron chi connectivity index (χ1n) is 6.71. The van der Waals surface area contributed by atoms with Crippen LogP contribution in [0, 0.1) is 30.6 Å². The standard InChI is InChI=1S/C16H15NO3/c1-10-6-11(4-2-3-5-18)8-12(7-10)17-15(19)13-9-14(13)16(17)20/h6-8,13-14,18H,3,5,9H2,1H3. The van der Waals surface area contributed by atoms with E-state index in [0.29, 0.717) is 18.5 Å². The van der Waals surface area contributed by atoms with Crippen molar-refractivity contribution in [3.8, 4) is 11.8 Å². The molecule has 0 spiro atoms. The van der Waals surface area contributed by atoms with Gasteiger partial charge in [-0.2, -0.15) is 0 Å². The van der Waals surface area contributed by atoms with Crippen molar-refractivity contribution in [1.29, 1.82) is 0 Å². The van der Waals surface area contributed by atoms with Gasteiger partial charge < -0.3 is 5.11 Å². The lowest BCUT2D eigenvalue weighted by atomic mass is 10.1. The van der Waals surface area contributed by atoms with Gasteiger partial charge in [-0.15, -0.1) is 0 Å². The number of aliphatic hydroxyl groups excluding tert-OH is 1. The van der Waals surface area contributed by atoms with E-state index in [0.717, 1.165) is 11.1 Å². The predicted octanol–water partition coefficient (Wildman–Crippen LogP) is 1.24. The SMILES string of the molecule is Cc1cc(C#CCCO)cc(N2C(=O)C3CC3C2=O)c1. The van der Waals surface area contributed by atoms with E-state index in [2.05, 4.69) is 11.8 Å². The van der Waals surface area contributed by atoms with Crippen LogP contribution in [0.15, 0.2) is 18.2 Å². The number of carbonyl (C=O) groups is 2. The summed E-state index contributed by atoms with van der Waals surface area (Å²) in [5, 5.41) is 8.73. The molecule has 2 amide bonds. The fourth-order valence-electron chi connectivity index (χ4n) is 2.62. The molecular formula is C16H15NO3. The third-order valence-corrected chi connectivity index (χ3v) is 3.66. The predicted molar refractivity (Wildman–Crippen MR) is 73.8 cm³/mol. The summed E-state index contributed by atoms with van der Waals surface area (Å²) in [6, 6.07) is 5.50. The minimum Gasteiger partial charge on any atom is -0.395 e. The van der Waals surface area contributed by atoms with Crippen molar-refractivity contribution < 1.29 is 14.7 Å². The molecule has 2 fully saturated rings. The van der Waals surface area contributed by atoms with Gasteiger partial charge in [-0.05, 0) is 37.1 Å². The molecule has 1 aliphatic carbocycles. The molecule has 0 aromatic heterocycles. The van der Waals surface area contributed by atoms with Gasteiger partial charge in [-0.1, -0.05) is 11.8 Å². The number of aliphatic hydroxyl groups is 1. The lowest BCUT2D eigenvalue weighted by molar-refractivity contribution is -0.123. The molecule has 2 atom stereocenters. The molecule has 1 aromatic rings. The van der Waals surface area contributed by atoms with E-state index in [1.54, 1.807) is 6.07 Å². The van der Waals surface area contributed by atoms with E-state index >= 15 is 0 Å². The largest absolute Gasteiger partial charge is 0.395 e. The van der Waals surface area contributed by atoms with Gasteiger partial charge in [0, 0.05) is 12.0 Å². The van der Waals surface area contributed by atoms with E-state index in [4.69, 9.17) is 5.11 Å². The van der Waals surface area contributed by atoms with Crippen molar-refractivity contribution in [3.63, 3.8) is 0 Å². The maximum atomic E-state index is 12.1. The normalized spacial score (nSPS) is 23.4. The van der Waals surface area contributed by atoms with Crippen molar-refractivity contribution in [2.24, 2.45) is 11.8 Å². The lowest BCUT2D eigenvalue weighted by Crippen LogP contribution is -2.32. The summed E-state index contributed by atoms with van der Waals surface area (Å²) in [5.74, 6) is 5.44. The van der Waals surface area contributed by atoms with Crippen LogP contribution in [0.2, 0.25) is 0 Å². The highest BCUT2D eigenvalue weighted by molar-refractivity contribution is 6.24. The number of amides is 2. The molecule has 1 aromatic carbocycles. The first-order chi connectivity index (χ1) is 9.61. The number of benzene rings is 1. The number of anilines is 1. The Bertz CT molecular complexity index is 633. The molecule has 4 nitrogen and oxygen atoms in total. The third kappa shape index (κ3) is 2.10. The zero-order valence-corrected chi connectivity index (χ0v) is 11.2. The van der Waals surface area contributed by atoms with Crippen LogP contribution in [-0.2, 0) is 9.59 Å². The van der Waals surface area contributed by atoms with Crippen molar-refractivity contribution in [1.82, 2.24) is 0 Å². The van der Waals surface area contributed by atoms with Crippen LogP contribution in [0.5, 0.6) is 0 Å². The number of imide groups is 1. The molecule has 0 bridgehead atoms. The van der Waals surface area contributed by atoms with Crippen LogP contribution in [0.25, 0.3) is 0 Å². The Labute approximate surface area is 117 Å². The summed E-state index contributed by atoms with van der Waals surface area (Å²) >= 11 is 0. The molecule has 1 saturated heterocycles. The second-order valence-corrected chi connectivity index (χ2v) is 5.29. The molecule has 1 aliphatic heterocycles. The maximum absolute atomic E-state index is 12.1. The van der Waals surface area contributed by atoms with Crippen molar-refractivity contribution in [3.05, 3.63) is 29.3 Å². The second-order valence-electron chi connectivity index (χ2n) is 5.29. The van der Waals surface area contributed by atoms with Crippen LogP contribution in [0.4, 0.5) is 5.69 Å². The highest BCUT2D eigenvalue weighted by atomic mass is 16.2. The topological polar surface area (TPSA) is 57.6 Å². The first kappa shape index (κ1) is 12.9. The Morgan fingerprint density at radius 2 is 1.95 bits per heavy atom. The quantitative estimate of drug-likeness (QED) is 0.649. The second kappa shape index (κ2) is 4.77. The van der Waals surface area contributed by atoms with Crippen LogP contribution in [0.1, 0.15) is 24.0 Å². The zero-order valence-electron chi connectivity index (χ0n) is 11.2. The van der Waals surface area contributed by atoms with Gasteiger partial charge in [0.15, 0.2) is 0 Å². The smallest absolute Gasteiger partial charge is 0.237 e. The Hall–Kier alpha value is -2.12. The van der Waals surface area contributed by atoms with Gasteiger partial charge in [-0.3, -0.25) is 14.5 Å². The molecule has 2 unspecified atom stereocenters. The van der Waals surface area contributed by atoms with Crippen LogP contribution in [0.3, 0.4) is 0 Å². The average molecular weight is 269 g/mol. The summed E-state index contributed by atoms with van der Waals surface area (Å²) in [6.07, 6.45) is 1.12. The average Bonchev–Trinajstić information content (AvgIpc) is 3.14. The van der Waals surface area contributed by atoms with Gasteiger partial charge >= 0.3 is 0 Å². The maximum Gasteiger partial charge on any atom is 0.237 e. The van der Waals surface area contributed by atoms with Crippen molar-refractivity contribution in [2.45, 2.75) is 19.8 Å². The minimum absolute atomic E-state index is 0.0259. The number of fused-ring (bicyclic) bond motifs is 1. The summed E-state index contributed by atoms with van der Waals surface area (Å²) in [5.41, 5.74) is 2.33. The molecule has 4 heteroatoms. The molecular weight excluding hydrogens is 254 g/mol. The van der Waals surface area contributed by atoms with Crippen LogP contribution >= 0.6 is 0 Å². The Kier molecular flexibility index (Phi) is 3.07. The number of rotatable bonds is 2. The van der Waals surface area contributed by atoms with Crippen molar-refractivity contribution in [2.75, 3.05) is 11.5 Å². The molecule has 102 valence electrons. The van der Waals surface area contributed by atoms with Gasteiger partial charge in [0.2, 0.25) is 11.8 Å². The van der Waals surface area contributed by atoms with E-state index in [-0.39, 0.29) is 30.3 Å². The third-order valence-electron chi connectivity index (χ3n) is 3.66. The fraction of sp³-hybridized carbons (Fsp3) is 0.375. The molecule has 20 heavy (non-hydrogen) atoms. The molecule has 2 aliphatic rings. The number of hydrogen-bond donors (Lipinski definition) is 1. The van der Waals surface area contributed by atoms with E-state index in [9.17, 15) is 9.59 Å². The summed E-state index contributed by atoms with van der Waals surface area (Å²) in [6.45, 7) is 1.94. The Morgan fingerprint density at radius 3 is 2.60 bits per heavy atom. The molecule has 1 N–H and O–H groups in total. The highest BCUT2D eigenvalue weighted by Crippen LogP contribution is 2.48. The Balaban J connectivity index is 1.93. The van der Waals surface area contributed by atoms with Gasteiger partial charge in [0.05, 0.1) is 24.1 Å². The minimum atomic E-state index is -0.0908. The van der Waals surface area contributed by atoms with Gasteiger partial charge in [0.1, 0.15) is 0 Å². The summed E-state index contributed by atoms with van der Waals surface area (Å²) < 4.78 is 0. The van der Waals surface area contributed by atoms with Crippen LogP contribution in [-0.4, -0.2) is 23.5 Å². The Morgan fingerprint density at radius 1 is 1.25 bits per heavy atom. The fourth-order valence-corrected chi connectivity index (χ4v) is 2.62. The molecule has 0 radical (unpaired) electrons. The summed E-state index contributed by atoms with van der Waals surface area (Å²) in [7, 11) is 0. The zero-order chi connectivity index (χ0) is 14.3. The lowest BCUT2D eigenvalue weighted by Gasteiger charge is -2.17. The van der Waals surface area contributed by atoms with Gasteiger partial charge in [-0.25, -0.2) is 0 Å². The molecule has 1 heterocycles. The van der Waals surface area contributed by atoms with E-state index in [1.807, 2.05) is 19.1 Å². The molecule has 3 rings (SSSR count). The first-order valence-corrected chi connectivity index (χ1v) is 6.71. The number of aryl methyl sites for hydroxylation is 1. The number of hydrogen-bond acceptors (Lipinski definition) is 3. The number of nitrogens with zero attached hydrogens (tertiary/aromatic N) is 1. The number of piperidine rings is 1. The van der Waals surface area contributed by atoms with Crippen molar-refractivity contribution >= 4 is 17.5 Å². The van der Waals surface area contributed by atoms with Crippen LogP contribution < -0.4 is 4.90 Å². The van der Waals surface area contributed by atoms with E-state index < -0.39 is 0 Å². The highest BCUT2D eigenvalue weighted by Gasteiger charge is 2.59. The monoisotopic (exact) mass is 269 g/mol.